The van der Waals surface area contributed by atoms with Gasteiger partial charge in [-0.1, -0.05) is 43.2 Å². The lowest BCUT2D eigenvalue weighted by Gasteiger charge is -2.32. The molecule has 0 nitrogen and oxygen atoms in total. The standard InChI is InChI=1S/C20H29/c1-7-16(2)10-8-11-17(3)13-14-19-18(4)12-9-15-20(19,5)6/h7-8,10,14H,1,9,11-12,15H2,2-6H3. The van der Waals surface area contributed by atoms with Crippen LogP contribution in [0.5, 0.6) is 0 Å². The minimum absolute atomic E-state index is 0.304. The van der Waals surface area contributed by atoms with Crippen molar-refractivity contribution in [1.82, 2.24) is 0 Å². The van der Waals surface area contributed by atoms with Crippen LogP contribution in [0.4, 0.5) is 0 Å². The zero-order valence-corrected chi connectivity index (χ0v) is 13.8. The smallest absolute Gasteiger partial charge is 0.00621 e. The highest BCUT2D eigenvalue weighted by molar-refractivity contribution is 5.33. The van der Waals surface area contributed by atoms with E-state index in [9.17, 15) is 0 Å². The number of allylic oxidation sites excluding steroid dienone is 7. The minimum Gasteiger partial charge on any atom is -0.121 e. The van der Waals surface area contributed by atoms with Gasteiger partial charge in [0.25, 0.3) is 0 Å². The number of rotatable bonds is 4. The van der Waals surface area contributed by atoms with Gasteiger partial charge in [0.05, 0.1) is 0 Å². The van der Waals surface area contributed by atoms with E-state index < -0.39 is 0 Å². The summed E-state index contributed by atoms with van der Waals surface area (Å²) in [6, 6.07) is 0. The summed E-state index contributed by atoms with van der Waals surface area (Å²) in [5.74, 6) is 0. The third kappa shape index (κ3) is 5.02. The highest BCUT2D eigenvalue weighted by Crippen LogP contribution is 2.40. The second-order valence-corrected chi connectivity index (χ2v) is 6.56. The third-order valence-electron chi connectivity index (χ3n) is 4.13. The Bertz CT molecular complexity index is 486. The van der Waals surface area contributed by atoms with Crippen molar-refractivity contribution in [2.45, 2.75) is 60.3 Å². The average Bonchev–Trinajstić information content (AvgIpc) is 2.37. The third-order valence-corrected chi connectivity index (χ3v) is 4.13. The van der Waals surface area contributed by atoms with Crippen molar-refractivity contribution in [2.75, 3.05) is 0 Å². The Morgan fingerprint density at radius 1 is 1.35 bits per heavy atom. The minimum atomic E-state index is 0.304. The van der Waals surface area contributed by atoms with Crippen LogP contribution in [-0.4, -0.2) is 0 Å². The molecule has 0 unspecified atom stereocenters. The SMILES string of the molecule is [CH2]C=C(C)C=CCC(C)=C=CC1=C(C)CCCC1(C)C. The van der Waals surface area contributed by atoms with Gasteiger partial charge in [0.1, 0.15) is 0 Å². The van der Waals surface area contributed by atoms with Crippen molar-refractivity contribution < 1.29 is 0 Å². The summed E-state index contributed by atoms with van der Waals surface area (Å²) in [6.45, 7) is 14.9. The first kappa shape index (κ1) is 16.8. The molecule has 0 aliphatic heterocycles. The van der Waals surface area contributed by atoms with Crippen LogP contribution in [0, 0.1) is 12.3 Å². The van der Waals surface area contributed by atoms with Crippen molar-refractivity contribution in [3.63, 3.8) is 0 Å². The average molecular weight is 269 g/mol. The quantitative estimate of drug-likeness (QED) is 0.412. The molecule has 20 heavy (non-hydrogen) atoms. The van der Waals surface area contributed by atoms with Crippen LogP contribution in [0.25, 0.3) is 0 Å². The van der Waals surface area contributed by atoms with Crippen LogP contribution in [0.2, 0.25) is 0 Å². The molecule has 0 aromatic rings. The van der Waals surface area contributed by atoms with Gasteiger partial charge in [-0.3, -0.25) is 0 Å². The molecule has 1 rings (SSSR count). The fraction of sp³-hybridized carbons (Fsp3) is 0.500. The summed E-state index contributed by atoms with van der Waals surface area (Å²) in [5, 5.41) is 0. The first-order valence-corrected chi connectivity index (χ1v) is 7.62. The van der Waals surface area contributed by atoms with Gasteiger partial charge >= 0.3 is 0 Å². The molecule has 0 heteroatoms. The Balaban J connectivity index is 2.84. The monoisotopic (exact) mass is 269 g/mol. The lowest BCUT2D eigenvalue weighted by molar-refractivity contribution is 0.377. The van der Waals surface area contributed by atoms with Gasteiger partial charge in [-0.25, -0.2) is 0 Å². The Hall–Kier alpha value is -1.26. The molecule has 1 radical (unpaired) electrons. The van der Waals surface area contributed by atoms with Crippen molar-refractivity contribution >= 4 is 0 Å². The van der Waals surface area contributed by atoms with Crippen LogP contribution in [-0.2, 0) is 0 Å². The van der Waals surface area contributed by atoms with Gasteiger partial charge in [-0.05, 0) is 76.0 Å². The molecule has 0 heterocycles. The first-order valence-electron chi connectivity index (χ1n) is 7.62. The van der Waals surface area contributed by atoms with Gasteiger partial charge in [-0.2, -0.15) is 0 Å². The number of hydrogen-bond donors (Lipinski definition) is 0. The molecule has 0 N–H and O–H groups in total. The maximum atomic E-state index is 3.76. The van der Waals surface area contributed by atoms with Crippen molar-refractivity contribution in [1.29, 1.82) is 0 Å². The van der Waals surface area contributed by atoms with Gasteiger partial charge in [0.15, 0.2) is 0 Å². The zero-order chi connectivity index (χ0) is 15.2. The summed E-state index contributed by atoms with van der Waals surface area (Å²) in [5.41, 5.74) is 9.28. The Kier molecular flexibility index (Phi) is 6.30. The molecule has 0 amide bonds. The second-order valence-electron chi connectivity index (χ2n) is 6.56. The molecule has 0 atom stereocenters. The van der Waals surface area contributed by atoms with E-state index >= 15 is 0 Å². The van der Waals surface area contributed by atoms with Gasteiger partial charge in [-0.15, -0.1) is 5.73 Å². The summed E-state index contributed by atoms with van der Waals surface area (Å²) < 4.78 is 0. The van der Waals surface area contributed by atoms with Gasteiger partial charge in [0, 0.05) is 0 Å². The maximum absolute atomic E-state index is 3.76. The summed E-state index contributed by atoms with van der Waals surface area (Å²) in [6.07, 6.45) is 13.2. The van der Waals surface area contributed by atoms with E-state index in [1.165, 1.54) is 41.6 Å². The molecule has 0 aromatic heterocycles. The highest BCUT2D eigenvalue weighted by atomic mass is 14.3. The molecule has 1 aliphatic carbocycles. The van der Waals surface area contributed by atoms with Gasteiger partial charge in [0.2, 0.25) is 0 Å². The van der Waals surface area contributed by atoms with E-state index in [2.05, 4.69) is 65.5 Å². The van der Waals surface area contributed by atoms with E-state index in [0.29, 0.717) is 5.41 Å². The lowest BCUT2D eigenvalue weighted by atomic mass is 9.73. The zero-order valence-electron chi connectivity index (χ0n) is 13.8. The maximum Gasteiger partial charge on any atom is -0.00621 e. The molecule has 0 saturated carbocycles. The molecule has 0 spiro atoms. The fourth-order valence-electron chi connectivity index (χ4n) is 2.70. The molecule has 0 bridgehead atoms. The van der Waals surface area contributed by atoms with Crippen LogP contribution in [0.1, 0.15) is 60.3 Å². The topological polar surface area (TPSA) is 0 Å². The molecule has 109 valence electrons. The predicted molar refractivity (Wildman–Crippen MR) is 90.5 cm³/mol. The second kappa shape index (κ2) is 7.50. The van der Waals surface area contributed by atoms with E-state index in [1.807, 2.05) is 6.08 Å². The van der Waals surface area contributed by atoms with Crippen molar-refractivity contribution in [3.8, 4) is 0 Å². The first-order chi connectivity index (χ1) is 9.36. The molecule has 0 saturated heterocycles. The molecule has 0 aromatic carbocycles. The normalized spacial score (nSPS) is 19.2. The van der Waals surface area contributed by atoms with E-state index in [-0.39, 0.29) is 0 Å². The van der Waals surface area contributed by atoms with Crippen molar-refractivity contribution in [2.24, 2.45) is 5.41 Å². The van der Waals surface area contributed by atoms with Crippen LogP contribution in [0.15, 0.2) is 52.3 Å². The van der Waals surface area contributed by atoms with E-state index in [1.54, 1.807) is 0 Å². The summed E-state index contributed by atoms with van der Waals surface area (Å²) >= 11 is 0. The molecule has 0 fully saturated rings. The largest absolute Gasteiger partial charge is 0.121 e. The van der Waals surface area contributed by atoms with E-state index in [0.717, 1.165) is 6.42 Å². The Morgan fingerprint density at radius 2 is 2.05 bits per heavy atom. The number of hydrogen-bond acceptors (Lipinski definition) is 0. The fourth-order valence-corrected chi connectivity index (χ4v) is 2.70. The van der Waals surface area contributed by atoms with Gasteiger partial charge < -0.3 is 0 Å². The van der Waals surface area contributed by atoms with E-state index in [4.69, 9.17) is 0 Å². The Labute approximate surface area is 125 Å². The van der Waals surface area contributed by atoms with Crippen molar-refractivity contribution in [3.05, 3.63) is 59.3 Å². The lowest BCUT2D eigenvalue weighted by Crippen LogP contribution is -2.18. The molecular formula is C20H29. The predicted octanol–water partition coefficient (Wildman–Crippen LogP) is 6.34. The summed E-state index contributed by atoms with van der Waals surface area (Å²) in [7, 11) is 0. The summed E-state index contributed by atoms with van der Waals surface area (Å²) in [4.78, 5) is 0. The molecule has 1 aliphatic rings. The Morgan fingerprint density at radius 3 is 2.65 bits per heavy atom. The highest BCUT2D eigenvalue weighted by Gasteiger charge is 2.26. The van der Waals surface area contributed by atoms with Crippen LogP contribution < -0.4 is 0 Å². The molecular weight excluding hydrogens is 240 g/mol. The van der Waals surface area contributed by atoms with Crippen LogP contribution in [0.3, 0.4) is 0 Å². The van der Waals surface area contributed by atoms with Crippen LogP contribution >= 0.6 is 0 Å².